The molecule has 0 amide bonds. The van der Waals surface area contributed by atoms with E-state index >= 15 is 0 Å². The lowest BCUT2D eigenvalue weighted by Crippen LogP contribution is -2.36. The molecule has 0 spiro atoms. The van der Waals surface area contributed by atoms with Gasteiger partial charge in [0.1, 0.15) is 12.4 Å². The number of hydrogen-bond acceptors (Lipinski definition) is 4. The van der Waals surface area contributed by atoms with Crippen LogP contribution in [0.25, 0.3) is 0 Å². The Morgan fingerprint density at radius 2 is 2.11 bits per heavy atom. The molecule has 0 saturated carbocycles. The number of nitrogens with two attached hydrogens (primary N) is 1. The highest BCUT2D eigenvalue weighted by Crippen LogP contribution is 2.21. The van der Waals surface area contributed by atoms with E-state index in [0.29, 0.717) is 0 Å². The van der Waals surface area contributed by atoms with Crippen LogP contribution in [-0.4, -0.2) is 36.0 Å². The normalized spacial score (nSPS) is 13.4. The summed E-state index contributed by atoms with van der Waals surface area (Å²) in [4.78, 5) is 4.92. The molecule has 0 bridgehead atoms. The molecule has 1 aromatic heterocycles. The van der Waals surface area contributed by atoms with Gasteiger partial charge in [0.25, 0.3) is 0 Å². The summed E-state index contributed by atoms with van der Waals surface area (Å²) in [6.07, 6.45) is -2.89. The fourth-order valence-corrected chi connectivity index (χ4v) is 1.47. The fourth-order valence-electron chi connectivity index (χ4n) is 1.47. The van der Waals surface area contributed by atoms with Gasteiger partial charge in [0, 0.05) is 18.8 Å². The Balaban J connectivity index is 2.85. The summed E-state index contributed by atoms with van der Waals surface area (Å²) in [6, 6.07) is 2.88. The van der Waals surface area contributed by atoms with Gasteiger partial charge < -0.3 is 15.7 Å². The van der Waals surface area contributed by atoms with E-state index in [9.17, 15) is 13.2 Å². The van der Waals surface area contributed by atoms with Gasteiger partial charge in [-0.15, -0.1) is 0 Å². The van der Waals surface area contributed by atoms with Crippen molar-refractivity contribution in [3.8, 4) is 0 Å². The van der Waals surface area contributed by atoms with E-state index in [2.05, 4.69) is 4.98 Å². The van der Waals surface area contributed by atoms with Crippen molar-refractivity contribution in [1.82, 2.24) is 4.98 Å². The topological polar surface area (TPSA) is 62.4 Å². The average molecular weight is 263 g/mol. The minimum absolute atomic E-state index is 0.121. The van der Waals surface area contributed by atoms with Crippen LogP contribution in [0.2, 0.25) is 0 Å². The first-order valence-electron chi connectivity index (χ1n) is 5.47. The number of halogens is 3. The highest BCUT2D eigenvalue weighted by molar-refractivity contribution is 5.40. The molecule has 3 N–H and O–H groups in total. The molecule has 1 atom stereocenters. The zero-order valence-electron chi connectivity index (χ0n) is 9.98. The number of rotatable bonds is 5. The Morgan fingerprint density at radius 3 is 2.50 bits per heavy atom. The predicted molar refractivity (Wildman–Crippen MR) is 62.2 cm³/mol. The first-order valence-corrected chi connectivity index (χ1v) is 5.47. The zero-order valence-corrected chi connectivity index (χ0v) is 9.98. The zero-order chi connectivity index (χ0) is 13.8. The molecule has 0 saturated heterocycles. The third kappa shape index (κ3) is 4.50. The van der Waals surface area contributed by atoms with E-state index in [1.165, 1.54) is 12.3 Å². The first-order chi connectivity index (χ1) is 8.33. The third-order valence-electron chi connectivity index (χ3n) is 2.36. The summed E-state index contributed by atoms with van der Waals surface area (Å²) in [5.74, 6) is 0.172. The standard InChI is InChI=1S/C11H16F3N3O/c1-8(15)9-2-3-10(16-6-9)17(4-5-18)7-11(12,13)14/h2-3,6,8,18H,4-5,7,15H2,1H3. The van der Waals surface area contributed by atoms with Crippen molar-refractivity contribution in [3.63, 3.8) is 0 Å². The quantitative estimate of drug-likeness (QED) is 0.844. The van der Waals surface area contributed by atoms with E-state index in [4.69, 9.17) is 10.8 Å². The Morgan fingerprint density at radius 1 is 1.44 bits per heavy atom. The number of hydrogen-bond donors (Lipinski definition) is 2. The lowest BCUT2D eigenvalue weighted by molar-refractivity contribution is -0.120. The molecule has 0 radical (unpaired) electrons. The lowest BCUT2D eigenvalue weighted by atomic mass is 10.1. The summed E-state index contributed by atoms with van der Waals surface area (Å²) >= 11 is 0. The molecule has 1 rings (SSSR count). The maximum Gasteiger partial charge on any atom is 0.405 e. The smallest absolute Gasteiger partial charge is 0.395 e. The van der Waals surface area contributed by atoms with E-state index in [1.807, 2.05) is 0 Å². The summed E-state index contributed by atoms with van der Waals surface area (Å²) in [6.45, 7) is 0.132. The van der Waals surface area contributed by atoms with Gasteiger partial charge in [0.15, 0.2) is 0 Å². The van der Waals surface area contributed by atoms with Gasteiger partial charge in [-0.2, -0.15) is 13.2 Å². The molecule has 0 aliphatic heterocycles. The molecule has 0 fully saturated rings. The van der Waals surface area contributed by atoms with Crippen molar-refractivity contribution in [2.45, 2.75) is 19.1 Å². The average Bonchev–Trinajstić information content (AvgIpc) is 2.27. The van der Waals surface area contributed by atoms with Crippen molar-refractivity contribution in [3.05, 3.63) is 23.9 Å². The number of aliphatic hydroxyl groups excluding tert-OH is 1. The number of anilines is 1. The van der Waals surface area contributed by atoms with E-state index in [1.54, 1.807) is 13.0 Å². The van der Waals surface area contributed by atoms with Crippen molar-refractivity contribution in [2.75, 3.05) is 24.6 Å². The second-order valence-corrected chi connectivity index (χ2v) is 4.00. The minimum Gasteiger partial charge on any atom is -0.395 e. The van der Waals surface area contributed by atoms with Crippen LogP contribution in [-0.2, 0) is 0 Å². The third-order valence-corrected chi connectivity index (χ3v) is 2.36. The molecule has 102 valence electrons. The second-order valence-electron chi connectivity index (χ2n) is 4.00. The molecular weight excluding hydrogens is 247 g/mol. The second kappa shape index (κ2) is 6.01. The Kier molecular flexibility index (Phi) is 4.92. The van der Waals surface area contributed by atoms with Crippen molar-refractivity contribution in [2.24, 2.45) is 5.73 Å². The van der Waals surface area contributed by atoms with E-state index < -0.39 is 12.7 Å². The monoisotopic (exact) mass is 263 g/mol. The van der Waals surface area contributed by atoms with Crippen molar-refractivity contribution >= 4 is 5.82 Å². The molecule has 7 heteroatoms. The summed E-state index contributed by atoms with van der Waals surface area (Å²) in [5, 5.41) is 8.78. The van der Waals surface area contributed by atoms with Crippen molar-refractivity contribution < 1.29 is 18.3 Å². The first kappa shape index (κ1) is 14.7. The Bertz CT molecular complexity index is 365. The molecule has 18 heavy (non-hydrogen) atoms. The van der Waals surface area contributed by atoms with Crippen LogP contribution in [0.4, 0.5) is 19.0 Å². The largest absolute Gasteiger partial charge is 0.405 e. The maximum absolute atomic E-state index is 12.4. The van der Waals surface area contributed by atoms with Crippen LogP contribution in [0.5, 0.6) is 0 Å². The van der Waals surface area contributed by atoms with E-state index in [-0.39, 0.29) is 25.0 Å². The van der Waals surface area contributed by atoms with Crippen LogP contribution in [0, 0.1) is 0 Å². The van der Waals surface area contributed by atoms with Crippen LogP contribution >= 0.6 is 0 Å². The molecule has 1 unspecified atom stereocenters. The molecule has 1 heterocycles. The van der Waals surface area contributed by atoms with Gasteiger partial charge in [0.2, 0.25) is 0 Å². The van der Waals surface area contributed by atoms with Crippen LogP contribution < -0.4 is 10.6 Å². The number of pyridine rings is 1. The SMILES string of the molecule is CC(N)c1ccc(N(CCO)CC(F)(F)F)nc1. The lowest BCUT2D eigenvalue weighted by Gasteiger charge is -2.24. The molecular formula is C11H16F3N3O. The number of nitrogens with zero attached hydrogens (tertiary/aromatic N) is 2. The van der Waals surface area contributed by atoms with Crippen LogP contribution in [0.15, 0.2) is 18.3 Å². The molecule has 1 aromatic rings. The molecule has 0 aliphatic carbocycles. The molecule has 0 aliphatic rings. The van der Waals surface area contributed by atoms with Gasteiger partial charge >= 0.3 is 6.18 Å². The molecule has 0 aromatic carbocycles. The molecule has 4 nitrogen and oxygen atoms in total. The van der Waals surface area contributed by atoms with Gasteiger partial charge in [-0.05, 0) is 18.6 Å². The van der Waals surface area contributed by atoms with Gasteiger partial charge in [-0.1, -0.05) is 6.07 Å². The number of alkyl halides is 3. The van der Waals surface area contributed by atoms with Crippen molar-refractivity contribution in [1.29, 1.82) is 0 Å². The summed E-state index contributed by atoms with van der Waals surface area (Å²) in [7, 11) is 0. The number of aliphatic hydroxyl groups is 1. The van der Waals surface area contributed by atoms with E-state index in [0.717, 1.165) is 10.5 Å². The van der Waals surface area contributed by atoms with Gasteiger partial charge in [-0.3, -0.25) is 0 Å². The highest BCUT2D eigenvalue weighted by Gasteiger charge is 2.31. The Labute approximate surface area is 103 Å². The van der Waals surface area contributed by atoms with Crippen LogP contribution in [0.1, 0.15) is 18.5 Å². The summed E-state index contributed by atoms with van der Waals surface area (Å²) in [5.41, 5.74) is 6.37. The Hall–Kier alpha value is -1.34. The maximum atomic E-state index is 12.4. The highest BCUT2D eigenvalue weighted by atomic mass is 19.4. The minimum atomic E-state index is -4.34. The van der Waals surface area contributed by atoms with Gasteiger partial charge in [0.05, 0.1) is 6.61 Å². The van der Waals surface area contributed by atoms with Gasteiger partial charge in [-0.25, -0.2) is 4.98 Å². The number of aromatic nitrogens is 1. The summed E-state index contributed by atoms with van der Waals surface area (Å²) < 4.78 is 37.1. The fraction of sp³-hybridized carbons (Fsp3) is 0.545. The predicted octanol–water partition coefficient (Wildman–Crippen LogP) is 1.46. The van der Waals surface area contributed by atoms with Crippen LogP contribution in [0.3, 0.4) is 0 Å².